The second-order valence-electron chi connectivity index (χ2n) is 4.86. The average molecular weight is 372 g/mol. The molecule has 0 heterocycles. The SMILES string of the molecule is COc1ccc2c(c1)CC([S+](C)C)C2=O.O=S(=O)([O-])C(F)(F)F. The van der Waals surface area contributed by atoms with Crippen LogP contribution >= 0.6 is 0 Å². The number of Topliss-reactive ketones (excluding diaryl/α,β-unsaturated/α-hetero) is 1. The topological polar surface area (TPSA) is 83.5 Å². The van der Waals surface area contributed by atoms with E-state index in [-0.39, 0.29) is 16.1 Å². The van der Waals surface area contributed by atoms with E-state index in [4.69, 9.17) is 17.7 Å². The smallest absolute Gasteiger partial charge is 0.485 e. The first-order chi connectivity index (χ1) is 10.4. The van der Waals surface area contributed by atoms with Crippen LogP contribution in [-0.4, -0.2) is 49.1 Å². The molecule has 0 aliphatic heterocycles. The molecule has 0 amide bonds. The third-order valence-electron chi connectivity index (χ3n) is 3.13. The molecule has 1 aromatic rings. The Morgan fingerprint density at radius 1 is 1.30 bits per heavy atom. The van der Waals surface area contributed by atoms with Gasteiger partial charge in [-0.15, -0.1) is 0 Å². The van der Waals surface area contributed by atoms with Crippen molar-refractivity contribution in [1.29, 1.82) is 0 Å². The van der Waals surface area contributed by atoms with E-state index in [1.54, 1.807) is 7.11 Å². The highest BCUT2D eigenvalue weighted by Crippen LogP contribution is 2.29. The molecular formula is C13H15F3O5S2. The van der Waals surface area contributed by atoms with Crippen molar-refractivity contribution >= 4 is 26.8 Å². The number of carbonyl (C=O) groups excluding carboxylic acids is 1. The lowest BCUT2D eigenvalue weighted by molar-refractivity contribution is -0.0517. The Labute approximate surface area is 134 Å². The van der Waals surface area contributed by atoms with E-state index in [2.05, 4.69) is 12.5 Å². The fraction of sp³-hybridized carbons (Fsp3) is 0.462. The Kier molecular flexibility index (Phi) is 6.11. The maximum Gasteiger partial charge on any atom is 0.485 e. The molecule has 0 aromatic heterocycles. The number of alkyl halides is 3. The molecule has 1 unspecified atom stereocenters. The summed E-state index contributed by atoms with van der Waals surface area (Å²) < 4.78 is 64.1. The predicted molar refractivity (Wildman–Crippen MR) is 79.8 cm³/mol. The van der Waals surface area contributed by atoms with Crippen molar-refractivity contribution in [3.05, 3.63) is 29.3 Å². The third-order valence-corrected chi connectivity index (χ3v) is 5.21. The van der Waals surface area contributed by atoms with E-state index in [9.17, 15) is 18.0 Å². The summed E-state index contributed by atoms with van der Waals surface area (Å²) in [5.74, 6) is 1.15. The molecule has 0 saturated heterocycles. The molecule has 0 N–H and O–H groups in total. The van der Waals surface area contributed by atoms with E-state index >= 15 is 0 Å². The minimum atomic E-state index is -6.09. The number of carbonyl (C=O) groups is 1. The number of hydrogen-bond donors (Lipinski definition) is 0. The van der Waals surface area contributed by atoms with E-state index < -0.39 is 15.6 Å². The number of methoxy groups -OCH3 is 1. The Hall–Kier alpha value is -1.26. The zero-order valence-corrected chi connectivity index (χ0v) is 14.1. The van der Waals surface area contributed by atoms with E-state index in [0.717, 1.165) is 23.3 Å². The van der Waals surface area contributed by atoms with Crippen LogP contribution in [-0.2, 0) is 27.4 Å². The quantitative estimate of drug-likeness (QED) is 0.449. The van der Waals surface area contributed by atoms with Crippen molar-refractivity contribution in [3.63, 3.8) is 0 Å². The van der Waals surface area contributed by atoms with Crippen LogP contribution in [0.1, 0.15) is 15.9 Å². The number of rotatable bonds is 2. The van der Waals surface area contributed by atoms with Gasteiger partial charge in [-0.2, -0.15) is 13.2 Å². The van der Waals surface area contributed by atoms with Gasteiger partial charge in [0.2, 0.25) is 5.78 Å². The lowest BCUT2D eigenvalue weighted by Crippen LogP contribution is -2.25. The Morgan fingerprint density at radius 2 is 1.83 bits per heavy atom. The molecule has 10 heteroatoms. The fourth-order valence-electron chi connectivity index (χ4n) is 1.95. The van der Waals surface area contributed by atoms with Crippen LogP contribution in [0.15, 0.2) is 18.2 Å². The summed E-state index contributed by atoms with van der Waals surface area (Å²) in [5.41, 5.74) is -3.61. The van der Waals surface area contributed by atoms with Gasteiger partial charge in [-0.25, -0.2) is 8.42 Å². The minimum absolute atomic E-state index is 0.154. The molecule has 0 saturated carbocycles. The van der Waals surface area contributed by atoms with Crippen molar-refractivity contribution < 1.29 is 35.7 Å². The first-order valence-corrected chi connectivity index (χ1v) is 9.69. The number of hydrogen-bond acceptors (Lipinski definition) is 5. The van der Waals surface area contributed by atoms with Gasteiger partial charge in [0, 0.05) is 12.0 Å². The van der Waals surface area contributed by atoms with Crippen LogP contribution < -0.4 is 4.74 Å². The largest absolute Gasteiger partial charge is 0.741 e. The Bertz CT molecular complexity index is 683. The highest BCUT2D eigenvalue weighted by Gasteiger charge is 2.39. The summed E-state index contributed by atoms with van der Waals surface area (Å²) in [6, 6.07) is 5.74. The molecule has 0 bridgehead atoms. The van der Waals surface area contributed by atoms with Crippen molar-refractivity contribution in [3.8, 4) is 5.75 Å². The van der Waals surface area contributed by atoms with Crippen LogP contribution in [0.4, 0.5) is 13.2 Å². The summed E-state index contributed by atoms with van der Waals surface area (Å²) in [7, 11) is -4.28. The van der Waals surface area contributed by atoms with E-state index in [0.29, 0.717) is 5.78 Å². The van der Waals surface area contributed by atoms with Gasteiger partial charge in [0.15, 0.2) is 15.4 Å². The first-order valence-electron chi connectivity index (χ1n) is 6.18. The predicted octanol–water partition coefficient (Wildman–Crippen LogP) is 1.73. The maximum absolute atomic E-state index is 12.0. The van der Waals surface area contributed by atoms with Crippen molar-refractivity contribution in [2.24, 2.45) is 0 Å². The maximum atomic E-state index is 12.0. The van der Waals surface area contributed by atoms with E-state index in [1.807, 2.05) is 18.2 Å². The van der Waals surface area contributed by atoms with Gasteiger partial charge in [-0.3, -0.25) is 4.79 Å². The number of ketones is 1. The van der Waals surface area contributed by atoms with Crippen LogP contribution in [0.25, 0.3) is 0 Å². The number of ether oxygens (including phenoxy) is 1. The molecule has 0 spiro atoms. The average Bonchev–Trinajstić information content (AvgIpc) is 2.74. The molecule has 0 fully saturated rings. The normalized spacial score (nSPS) is 17.6. The Balaban J connectivity index is 0.000000284. The number of halogens is 3. The molecule has 0 radical (unpaired) electrons. The molecule has 1 aromatic carbocycles. The van der Waals surface area contributed by atoms with Gasteiger partial charge in [0.25, 0.3) is 0 Å². The zero-order chi connectivity index (χ0) is 18.0. The summed E-state index contributed by atoms with van der Waals surface area (Å²) in [4.78, 5) is 12.0. The van der Waals surface area contributed by atoms with Crippen LogP contribution in [0.2, 0.25) is 0 Å². The summed E-state index contributed by atoms with van der Waals surface area (Å²) >= 11 is 0. The van der Waals surface area contributed by atoms with Gasteiger partial charge >= 0.3 is 5.51 Å². The zero-order valence-electron chi connectivity index (χ0n) is 12.5. The van der Waals surface area contributed by atoms with Gasteiger partial charge in [-0.1, -0.05) is 0 Å². The molecular weight excluding hydrogens is 357 g/mol. The molecule has 1 aliphatic rings. The number of benzene rings is 1. The molecule has 1 atom stereocenters. The third kappa shape index (κ3) is 4.85. The van der Waals surface area contributed by atoms with Crippen molar-refractivity contribution in [2.75, 3.05) is 19.6 Å². The number of fused-ring (bicyclic) bond motifs is 1. The van der Waals surface area contributed by atoms with Crippen LogP contribution in [0.5, 0.6) is 5.75 Å². The summed E-state index contributed by atoms with van der Waals surface area (Å²) in [6.07, 6.45) is 5.14. The van der Waals surface area contributed by atoms with Gasteiger partial charge in [0.1, 0.15) is 5.75 Å². The van der Waals surface area contributed by atoms with Crippen LogP contribution in [0, 0.1) is 0 Å². The van der Waals surface area contributed by atoms with Gasteiger partial charge in [0.05, 0.1) is 19.6 Å². The highest BCUT2D eigenvalue weighted by atomic mass is 32.2. The summed E-state index contributed by atoms with van der Waals surface area (Å²) in [6.45, 7) is 0. The second-order valence-corrected chi connectivity index (χ2v) is 8.56. The Morgan fingerprint density at radius 3 is 2.22 bits per heavy atom. The highest BCUT2D eigenvalue weighted by molar-refractivity contribution is 7.96. The second kappa shape index (κ2) is 7.10. The molecule has 23 heavy (non-hydrogen) atoms. The summed E-state index contributed by atoms with van der Waals surface area (Å²) in [5, 5.41) is 0.187. The molecule has 5 nitrogen and oxygen atoms in total. The monoisotopic (exact) mass is 372 g/mol. The standard InChI is InChI=1S/C12H15O2S.CHF3O3S/c1-14-9-4-5-10-8(6-9)7-11(12(10)13)15(2)3;2-1(3,4)8(5,6)7/h4-6,11H,7H2,1-3H3;(H,5,6,7)/q+1;/p-1. The molecule has 1 aliphatic carbocycles. The van der Waals surface area contributed by atoms with Gasteiger partial charge in [-0.05, 0) is 34.7 Å². The van der Waals surface area contributed by atoms with E-state index in [1.165, 1.54) is 0 Å². The first kappa shape index (κ1) is 19.8. The van der Waals surface area contributed by atoms with Crippen molar-refractivity contribution in [1.82, 2.24) is 0 Å². The lowest BCUT2D eigenvalue weighted by atomic mass is 10.1. The lowest BCUT2D eigenvalue weighted by Gasteiger charge is -2.08. The van der Waals surface area contributed by atoms with Crippen molar-refractivity contribution in [2.45, 2.75) is 17.2 Å². The molecule has 130 valence electrons. The fourth-order valence-corrected chi connectivity index (χ4v) is 3.02. The van der Waals surface area contributed by atoms with Gasteiger partial charge < -0.3 is 9.29 Å². The minimum Gasteiger partial charge on any atom is -0.741 e. The molecule has 2 rings (SSSR count). The van der Waals surface area contributed by atoms with Crippen LogP contribution in [0.3, 0.4) is 0 Å².